The summed E-state index contributed by atoms with van der Waals surface area (Å²) in [5, 5.41) is 51.9. The molecule has 0 spiro atoms. The van der Waals surface area contributed by atoms with Crippen molar-refractivity contribution in [3.05, 3.63) is 259 Å². The molecule has 15 aromatic rings. The predicted octanol–water partition coefficient (Wildman–Crippen LogP) is 6.80. The van der Waals surface area contributed by atoms with Gasteiger partial charge in [-0.25, -0.2) is 24.2 Å². The van der Waals surface area contributed by atoms with Crippen molar-refractivity contribution in [2.24, 2.45) is 5.73 Å². The number of nitrogens with one attached hydrogen (secondary N) is 3. The zero-order valence-electron chi connectivity index (χ0n) is 65.4. The molecule has 3 amide bonds. The minimum absolute atomic E-state index is 0. The Hall–Kier alpha value is -14.9. The van der Waals surface area contributed by atoms with Crippen LogP contribution >= 0.6 is 23.2 Å². The summed E-state index contributed by atoms with van der Waals surface area (Å²) in [7, 11) is 4.55. The molecular formula is C78H74Cl2N27NaO12. The van der Waals surface area contributed by atoms with Gasteiger partial charge in [0.25, 0.3) is 17.6 Å². The van der Waals surface area contributed by atoms with Gasteiger partial charge in [0.05, 0.1) is 48.5 Å². The number of esters is 4. The first-order valence-electron chi connectivity index (χ1n) is 35.2. The topological polar surface area (TPSA) is 554 Å². The number of nitrogens with zero attached hydrogens (tertiary/aromatic N) is 21. The number of nitrogens with two attached hydrogens (primary N) is 3. The first kappa shape index (κ1) is 94.0. The molecule has 0 aliphatic carbocycles. The van der Waals surface area contributed by atoms with E-state index in [1.54, 1.807) is 108 Å². The standard InChI is InChI=1S/C14H12ClNO2.C13H11N5O2.C13H12N2O3.C12H11N7O.C12H10N6O.C9H8N2.C4H5ClO3.CH5N.N3.Na/c1-2-18-14(17)8-13(15)11-4-3-10-5-6-16-9-12(10)7-11;1-2-20-13(19)12-15-16-17-18(12)11-4-3-9-5-6-14-8-10(9)7-11;1-2-18-13(17)12(16)15-11-4-3-9-5-6-14-8-10(9)7-11;1-14-12(20)11-16-17-18-19(11)8-3-2-7-4-5-15-10(13)9(7)6-8;1-13-12(19)11-15-16-17-18(11)10-3-2-8-4-5-14-7-9(8)6-10;10-9-2-1-7-3-4-11-6-8(7)5-9;1-2-8-4(7)3(5)6;1-2;1-3-2;/h3-9H,2H2,1H3;3-8H,2H2,1H3;3-8H,2H2,1H3,(H,15,16);2-6H,1H3,(H2,13,15)(H,14,20);2-7H,1H3,(H,13,19);1-6H,10H2;2H2,1H3;2H2,1H3;;/q;;;;;;;;-1;+1/b13-8-;;;;;;;;;. The minimum atomic E-state index is -1.08. The molecule has 0 saturated heterocycles. The number of hydrogen-bond donors (Lipinski definition) is 6. The molecule has 120 heavy (non-hydrogen) atoms. The number of rotatable bonds is 14. The zero-order chi connectivity index (χ0) is 86.2. The Morgan fingerprint density at radius 3 is 1.28 bits per heavy atom. The molecule has 6 aromatic carbocycles. The second-order valence-corrected chi connectivity index (χ2v) is 23.6. The molecule has 0 atom stereocenters. The smallest absolute Gasteiger partial charge is 0.463 e. The summed E-state index contributed by atoms with van der Waals surface area (Å²) in [4.78, 5) is 115. The van der Waals surface area contributed by atoms with Crippen LogP contribution in [0.1, 0.15) is 65.1 Å². The number of carbonyl (C=O) groups excluding carboxylic acids is 8. The SMILES string of the molecule is CCOC(=O)/C=C(\Cl)c1ccc2ccncc2c1.CCOC(=O)C(=O)Cl.CCOC(=O)C(=O)Nc1ccc2ccncc2c1.CCOC(=O)c1nnnn1-c1ccc2ccncc2c1.CN.CNC(=O)c1nnnn1-c1ccc2ccnc(N)c2c1.CNC(=O)c1nnnn1-c1ccc2ccncc2c1.Nc1ccc2ccncc2c1.[N-]=[N+]=[N-].[Na+]. The summed E-state index contributed by atoms with van der Waals surface area (Å²) >= 11 is 10.8. The Labute approximate surface area is 714 Å². The first-order valence-corrected chi connectivity index (χ1v) is 35.9. The van der Waals surface area contributed by atoms with E-state index < -0.39 is 35.0 Å². The van der Waals surface area contributed by atoms with E-state index in [9.17, 15) is 38.4 Å². The molecule has 9 heterocycles. The largest absolute Gasteiger partial charge is 1.00 e. The van der Waals surface area contributed by atoms with Gasteiger partial charge in [-0.05, 0) is 219 Å². The summed E-state index contributed by atoms with van der Waals surface area (Å²) in [6.45, 7) is 7.68. The van der Waals surface area contributed by atoms with Crippen LogP contribution in [-0.4, -0.2) is 185 Å². The maximum Gasteiger partial charge on any atom is 1.00 e. The van der Waals surface area contributed by atoms with Crippen molar-refractivity contribution in [1.29, 1.82) is 0 Å². The quantitative estimate of drug-likeness (QED) is 0.00622. The van der Waals surface area contributed by atoms with Crippen molar-refractivity contribution in [2.45, 2.75) is 27.7 Å². The van der Waals surface area contributed by atoms with Gasteiger partial charge >= 0.3 is 64.6 Å². The molecule has 0 unspecified atom stereocenters. The van der Waals surface area contributed by atoms with Gasteiger partial charge in [-0.3, -0.25) is 49.0 Å². The number of halogens is 2. The van der Waals surface area contributed by atoms with E-state index in [1.165, 1.54) is 51.6 Å². The minimum Gasteiger partial charge on any atom is -0.463 e. The fourth-order valence-corrected chi connectivity index (χ4v) is 10.3. The van der Waals surface area contributed by atoms with Gasteiger partial charge in [0.15, 0.2) is 0 Å². The van der Waals surface area contributed by atoms with E-state index >= 15 is 0 Å². The number of aromatic nitrogens is 18. The fourth-order valence-electron chi connectivity index (χ4n) is 10.1. The van der Waals surface area contributed by atoms with Gasteiger partial charge in [0.2, 0.25) is 11.6 Å². The number of anilines is 3. The van der Waals surface area contributed by atoms with Crippen molar-refractivity contribution in [2.75, 3.05) is 64.4 Å². The number of nitrogen functional groups attached to an aromatic ring is 2. The van der Waals surface area contributed by atoms with Gasteiger partial charge in [0.1, 0.15) is 5.82 Å². The molecule has 0 fully saturated rings. The number of ether oxygens (including phenoxy) is 4. The molecule has 0 aliphatic rings. The van der Waals surface area contributed by atoms with Crippen LogP contribution in [0.4, 0.5) is 17.2 Å². The average molecular weight is 1680 g/mol. The summed E-state index contributed by atoms with van der Waals surface area (Å²) in [5.74, 6) is -3.63. The fraction of sp³-hybridized carbons (Fsp3) is 0.141. The van der Waals surface area contributed by atoms with Crippen LogP contribution in [0.25, 0.3) is 103 Å². The molecule has 0 aliphatic heterocycles. The van der Waals surface area contributed by atoms with Gasteiger partial charge in [-0.15, -0.1) is 15.3 Å². The van der Waals surface area contributed by atoms with Crippen molar-refractivity contribution >= 4 is 157 Å². The molecule has 0 saturated carbocycles. The number of benzene rings is 6. The third-order valence-electron chi connectivity index (χ3n) is 15.4. The maximum absolute atomic E-state index is 11.8. The van der Waals surface area contributed by atoms with Crippen molar-refractivity contribution < 1.29 is 86.9 Å². The first-order chi connectivity index (χ1) is 57.6. The number of pyridine rings is 6. The van der Waals surface area contributed by atoms with E-state index in [4.69, 9.17) is 55.2 Å². The van der Waals surface area contributed by atoms with E-state index in [1.807, 2.05) is 134 Å². The van der Waals surface area contributed by atoms with Gasteiger partial charge in [-0.2, -0.15) is 14.0 Å². The maximum atomic E-state index is 11.8. The average Bonchev–Trinajstić information content (AvgIpc) is 1.57. The normalized spacial score (nSPS) is 10.1. The third-order valence-corrected chi connectivity index (χ3v) is 15.9. The van der Waals surface area contributed by atoms with E-state index in [0.717, 1.165) is 70.5 Å². The summed E-state index contributed by atoms with van der Waals surface area (Å²) in [6, 6.07) is 45.0. The Kier molecular flexibility index (Phi) is 38.5. The van der Waals surface area contributed by atoms with Crippen LogP contribution in [0.2, 0.25) is 0 Å². The molecule has 0 radical (unpaired) electrons. The Morgan fingerprint density at radius 2 is 0.833 bits per heavy atom. The molecule has 0 bridgehead atoms. The van der Waals surface area contributed by atoms with Gasteiger partial charge in [0, 0.05) is 132 Å². The number of hydrogen-bond acceptors (Lipinski definition) is 30. The van der Waals surface area contributed by atoms with E-state index in [0.29, 0.717) is 40.2 Å². The van der Waals surface area contributed by atoms with Gasteiger partial charge < -0.3 is 63.2 Å². The molecule has 42 heteroatoms. The molecule has 608 valence electrons. The third kappa shape index (κ3) is 27.4. The summed E-state index contributed by atoms with van der Waals surface area (Å²) < 4.78 is 22.6. The Morgan fingerprint density at radius 1 is 0.450 bits per heavy atom. The van der Waals surface area contributed by atoms with Crippen LogP contribution in [-0.2, 0) is 42.9 Å². The van der Waals surface area contributed by atoms with E-state index in [2.05, 4.69) is 108 Å². The molecule has 39 nitrogen and oxygen atoms in total. The van der Waals surface area contributed by atoms with Crippen LogP contribution in [0.5, 0.6) is 0 Å². The molecular weight excluding hydrogens is 1600 g/mol. The Bertz CT molecular complexity index is 6090. The number of tetrazole rings is 3. The number of carbonyl (C=O) groups is 8. The van der Waals surface area contributed by atoms with Crippen molar-refractivity contribution in [3.8, 4) is 17.1 Å². The second kappa shape index (κ2) is 49.1. The summed E-state index contributed by atoms with van der Waals surface area (Å²) in [6.07, 6.45) is 20.3. The van der Waals surface area contributed by atoms with Gasteiger partial charge in [-0.1, -0.05) is 54.1 Å². The monoisotopic (exact) mass is 1670 g/mol. The van der Waals surface area contributed by atoms with Crippen molar-refractivity contribution in [3.63, 3.8) is 0 Å². The molecule has 9 N–H and O–H groups in total. The van der Waals surface area contributed by atoms with Crippen LogP contribution in [0.15, 0.2) is 220 Å². The molecule has 9 aromatic heterocycles. The van der Waals surface area contributed by atoms with Crippen molar-refractivity contribution in [1.82, 2.24) is 101 Å². The zero-order valence-corrected chi connectivity index (χ0v) is 68.9. The number of fused-ring (bicyclic) bond motifs is 6. The summed E-state index contributed by atoms with van der Waals surface area (Å²) in [5.41, 5.74) is 33.6. The predicted molar refractivity (Wildman–Crippen MR) is 444 cm³/mol. The van der Waals surface area contributed by atoms with Crippen LogP contribution in [0, 0.1) is 0 Å². The number of amides is 3. The second-order valence-electron chi connectivity index (χ2n) is 22.9. The van der Waals surface area contributed by atoms with Crippen LogP contribution < -0.4 is 62.7 Å². The molecule has 15 rings (SSSR count). The van der Waals surface area contributed by atoms with E-state index in [-0.39, 0.29) is 78.7 Å². The Balaban J connectivity index is 0.000000218. The van der Waals surface area contributed by atoms with Crippen LogP contribution in [0.3, 0.4) is 0 Å².